The first-order valence-electron chi connectivity index (χ1n) is 27.6. The molecule has 0 saturated carbocycles. The van der Waals surface area contributed by atoms with Gasteiger partial charge in [0.15, 0.2) is 11.3 Å². The molecule has 452 valence electrons. The summed E-state index contributed by atoms with van der Waals surface area (Å²) in [4.78, 5) is 37.2. The summed E-state index contributed by atoms with van der Waals surface area (Å²) in [6, 6.07) is 27.3. The summed E-state index contributed by atoms with van der Waals surface area (Å²) in [6.45, 7) is 2.27. The van der Waals surface area contributed by atoms with Crippen molar-refractivity contribution in [1.82, 2.24) is 64.3 Å². The summed E-state index contributed by atoms with van der Waals surface area (Å²) in [5, 5.41) is 38.9. The predicted octanol–water partition coefficient (Wildman–Crippen LogP) is 8.83. The second kappa shape index (κ2) is 28.4. The van der Waals surface area contributed by atoms with Gasteiger partial charge in [-0.2, -0.15) is 38.0 Å². The van der Waals surface area contributed by atoms with Gasteiger partial charge in [0, 0.05) is 96.6 Å². The first kappa shape index (κ1) is 60.3. The number of ether oxygens (including phenoxy) is 5. The Balaban J connectivity index is 0.000000193. The number of alkyl halides is 4. The van der Waals surface area contributed by atoms with Crippen LogP contribution in [0.3, 0.4) is 0 Å². The van der Waals surface area contributed by atoms with Crippen LogP contribution in [0, 0.1) is 0 Å². The highest BCUT2D eigenvalue weighted by Gasteiger charge is 2.25. The molecule has 87 heavy (non-hydrogen) atoms. The SMILES string of the molecule is CCC(CO)NCc1cccc(Oc2ccc(OC(F)F)c(-c3nn(C)cc3NC(=O)c3cnn4cccnc34)c2)c1.Cn1cc(NC(=O)c2cnn3cccnc23)c(-c2cc(Oc3cccc(CNCCN4CCOCC4)c3)ccc2OC(F)F)n1. The minimum atomic E-state index is -3.09. The highest BCUT2D eigenvalue weighted by molar-refractivity contribution is 6.10. The van der Waals surface area contributed by atoms with Gasteiger partial charge in [-0.15, -0.1) is 0 Å². The zero-order valence-electron chi connectivity index (χ0n) is 47.4. The molecule has 1 fully saturated rings. The number of amides is 2. The molecule has 0 spiro atoms. The number of nitrogens with zero attached hydrogens (tertiary/aromatic N) is 11. The van der Waals surface area contributed by atoms with Crippen molar-refractivity contribution in [3.8, 4) is 57.0 Å². The number of anilines is 2. The minimum absolute atomic E-state index is 0.0170. The Morgan fingerprint density at radius 3 is 1.63 bits per heavy atom. The van der Waals surface area contributed by atoms with Crippen molar-refractivity contribution in [2.75, 3.05) is 56.6 Å². The Bertz CT molecular complexity index is 3960. The number of aliphatic hydroxyl groups is 1. The summed E-state index contributed by atoms with van der Waals surface area (Å²) in [5.41, 5.74) is 4.51. The average Bonchev–Trinajstić information content (AvgIpc) is 2.86. The zero-order chi connectivity index (χ0) is 60.8. The third-order valence-electron chi connectivity index (χ3n) is 13.7. The number of aliphatic hydroxyl groups excluding tert-OH is 1. The molecule has 1 saturated heterocycles. The second-order valence-corrected chi connectivity index (χ2v) is 19.8. The van der Waals surface area contributed by atoms with E-state index in [2.05, 4.69) is 56.5 Å². The topological polar surface area (TPSA) is 248 Å². The Morgan fingerprint density at radius 2 is 1.15 bits per heavy atom. The lowest BCUT2D eigenvalue weighted by molar-refractivity contribution is -0.0501. The van der Waals surface area contributed by atoms with E-state index < -0.39 is 25.0 Å². The third-order valence-corrected chi connectivity index (χ3v) is 13.7. The van der Waals surface area contributed by atoms with Crippen LogP contribution in [0.15, 0.2) is 147 Å². The molecular formula is C60H61F4N15O8. The van der Waals surface area contributed by atoms with Crippen LogP contribution >= 0.6 is 0 Å². The number of hydrogen-bond donors (Lipinski definition) is 5. The van der Waals surface area contributed by atoms with Crippen LogP contribution < -0.4 is 40.2 Å². The van der Waals surface area contributed by atoms with Gasteiger partial charge in [0.1, 0.15) is 57.0 Å². The van der Waals surface area contributed by atoms with Crippen LogP contribution in [-0.4, -0.2) is 136 Å². The van der Waals surface area contributed by atoms with E-state index in [9.17, 15) is 32.3 Å². The van der Waals surface area contributed by atoms with Crippen LogP contribution in [0.1, 0.15) is 45.2 Å². The van der Waals surface area contributed by atoms with Gasteiger partial charge in [-0.1, -0.05) is 31.2 Å². The molecule has 5 N–H and O–H groups in total. The van der Waals surface area contributed by atoms with Crippen LogP contribution in [0.25, 0.3) is 33.8 Å². The average molecular weight is 1200 g/mol. The van der Waals surface area contributed by atoms with Gasteiger partial charge >= 0.3 is 13.2 Å². The number of morpholine rings is 1. The molecule has 27 heteroatoms. The number of fused-ring (bicyclic) bond motifs is 2. The van der Waals surface area contributed by atoms with E-state index >= 15 is 0 Å². The third kappa shape index (κ3) is 15.6. The van der Waals surface area contributed by atoms with Crippen molar-refractivity contribution in [3.05, 3.63) is 169 Å². The quantitative estimate of drug-likeness (QED) is 0.0280. The molecule has 7 heterocycles. The molecule has 4 aromatic carbocycles. The molecule has 10 aromatic rings. The maximum Gasteiger partial charge on any atom is 0.387 e. The van der Waals surface area contributed by atoms with E-state index in [1.807, 2.05) is 49.4 Å². The molecule has 0 bridgehead atoms. The highest BCUT2D eigenvalue weighted by atomic mass is 19.3. The summed E-state index contributed by atoms with van der Waals surface area (Å²) in [5.74, 6) is 0.558. The molecule has 11 rings (SSSR count). The number of benzene rings is 4. The molecule has 1 aliphatic rings. The standard InChI is InChI=1S/C31H32F2N8O4.C29H29F2N7O4/c1-39-20-26(37-30(42)25-19-36-41-10-3-8-35-29(25)41)28(38-39)24-17-23(6-7-27(24)45-31(32)33)44-22-5-2-4-21(16-22)18-34-9-11-40-12-14-43-15-13-40;1-3-19(17-39)33-14-18-6-4-7-20(12-18)41-21-8-9-25(42-29(30)31)22(13-21)26-24(16-37(2)36-26)35-28(40)23-15-34-38-11-5-10-32-27(23)38/h2-8,10,16-17,19-20,31,34H,9,11-15,18H2,1H3,(H,37,42);4-13,15-16,19,29,33,39H,3,14,17H2,1-2H3,(H,35,40). The van der Waals surface area contributed by atoms with Gasteiger partial charge in [-0.3, -0.25) is 23.9 Å². The van der Waals surface area contributed by atoms with E-state index in [0.29, 0.717) is 47.4 Å². The lowest BCUT2D eigenvalue weighted by Gasteiger charge is -2.26. The lowest BCUT2D eigenvalue weighted by atomic mass is 10.1. The van der Waals surface area contributed by atoms with E-state index in [0.717, 1.165) is 56.9 Å². The molecule has 0 radical (unpaired) electrons. The Hall–Kier alpha value is -9.80. The maximum atomic E-state index is 13.4. The highest BCUT2D eigenvalue weighted by Crippen LogP contribution is 2.41. The predicted molar refractivity (Wildman–Crippen MR) is 312 cm³/mol. The van der Waals surface area contributed by atoms with Gasteiger partial charge in [-0.25, -0.2) is 19.0 Å². The van der Waals surface area contributed by atoms with Gasteiger partial charge in [-0.05, 0) is 90.3 Å². The molecule has 0 aliphatic carbocycles. The van der Waals surface area contributed by atoms with Crippen molar-refractivity contribution in [1.29, 1.82) is 0 Å². The smallest absolute Gasteiger partial charge is 0.387 e. The Kier molecular flexibility index (Phi) is 19.7. The van der Waals surface area contributed by atoms with Crippen LogP contribution in [0.2, 0.25) is 0 Å². The van der Waals surface area contributed by atoms with E-state index in [-0.39, 0.29) is 69.2 Å². The largest absolute Gasteiger partial charge is 0.457 e. The van der Waals surface area contributed by atoms with Gasteiger partial charge in [0.2, 0.25) is 0 Å². The Labute approximate surface area is 495 Å². The van der Waals surface area contributed by atoms with Crippen molar-refractivity contribution in [2.24, 2.45) is 14.1 Å². The molecule has 1 unspecified atom stereocenters. The van der Waals surface area contributed by atoms with Crippen molar-refractivity contribution in [3.63, 3.8) is 0 Å². The maximum absolute atomic E-state index is 13.4. The van der Waals surface area contributed by atoms with Crippen molar-refractivity contribution < 1.29 is 55.9 Å². The van der Waals surface area contributed by atoms with Gasteiger partial charge in [0.25, 0.3) is 11.8 Å². The molecular weight excluding hydrogens is 1130 g/mol. The fraction of sp³-hybridized carbons (Fsp3) is 0.267. The molecule has 23 nitrogen and oxygen atoms in total. The molecule has 1 aliphatic heterocycles. The fourth-order valence-corrected chi connectivity index (χ4v) is 9.43. The van der Waals surface area contributed by atoms with Gasteiger partial charge < -0.3 is 50.1 Å². The van der Waals surface area contributed by atoms with Gasteiger partial charge in [0.05, 0.1) is 54.7 Å². The number of hydrogen-bond acceptors (Lipinski definition) is 17. The zero-order valence-corrected chi connectivity index (χ0v) is 47.4. The first-order chi connectivity index (χ1) is 42.3. The van der Waals surface area contributed by atoms with Crippen LogP contribution in [0.4, 0.5) is 28.9 Å². The summed E-state index contributed by atoms with van der Waals surface area (Å²) >= 11 is 0. The van der Waals surface area contributed by atoms with Crippen LogP contribution in [-0.2, 0) is 31.9 Å². The monoisotopic (exact) mass is 1200 g/mol. The minimum Gasteiger partial charge on any atom is -0.457 e. The van der Waals surface area contributed by atoms with E-state index in [4.69, 9.17) is 23.7 Å². The number of nitrogens with one attached hydrogen (secondary N) is 4. The van der Waals surface area contributed by atoms with Crippen LogP contribution in [0.5, 0.6) is 34.5 Å². The van der Waals surface area contributed by atoms with Crippen molar-refractivity contribution in [2.45, 2.75) is 45.7 Å². The number of aryl methyl sites for hydroxylation is 2. The van der Waals surface area contributed by atoms with E-state index in [1.165, 1.54) is 55.1 Å². The number of aromatic nitrogens is 10. The Morgan fingerprint density at radius 1 is 0.655 bits per heavy atom. The second-order valence-electron chi connectivity index (χ2n) is 19.8. The summed E-state index contributed by atoms with van der Waals surface area (Å²) in [7, 11) is 3.30. The number of carbonyl (C=O) groups is 2. The molecule has 1 atom stereocenters. The lowest BCUT2D eigenvalue weighted by Crippen LogP contribution is -2.40. The normalized spacial score (nSPS) is 12.9. The molecule has 6 aromatic heterocycles. The fourth-order valence-electron chi connectivity index (χ4n) is 9.43. The summed E-state index contributed by atoms with van der Waals surface area (Å²) < 4.78 is 86.6. The number of halogens is 4. The van der Waals surface area contributed by atoms with E-state index in [1.54, 1.807) is 81.6 Å². The van der Waals surface area contributed by atoms with Crippen molar-refractivity contribution >= 4 is 34.5 Å². The summed E-state index contributed by atoms with van der Waals surface area (Å²) in [6.07, 6.45) is 13.1. The number of carbonyl (C=O) groups excluding carboxylic acids is 2. The molecule has 2 amide bonds. The number of rotatable bonds is 24. The first-order valence-corrected chi connectivity index (χ1v) is 27.6.